The lowest BCUT2D eigenvalue weighted by atomic mass is 10.3. The number of ether oxygens (including phenoxy) is 1. The van der Waals surface area contributed by atoms with Gasteiger partial charge in [-0.1, -0.05) is 0 Å². The Morgan fingerprint density at radius 2 is 1.83 bits per heavy atom. The van der Waals surface area contributed by atoms with Gasteiger partial charge in [0.25, 0.3) is 5.91 Å². The predicted molar refractivity (Wildman–Crippen MR) is 84.8 cm³/mol. The third kappa shape index (κ3) is 4.79. The molecule has 0 fully saturated rings. The average Bonchev–Trinajstić information content (AvgIpc) is 3.02. The van der Waals surface area contributed by atoms with Gasteiger partial charge in [-0.25, -0.2) is 9.18 Å². The lowest BCUT2D eigenvalue weighted by molar-refractivity contribution is 0.0701. The molecule has 0 spiro atoms. The number of amides is 1. The first-order valence-corrected chi connectivity index (χ1v) is 7.76. The van der Waals surface area contributed by atoms with Crippen LogP contribution >= 0.6 is 11.3 Å². The molecule has 0 radical (unpaired) electrons. The number of aromatic carboxylic acids is 1. The van der Waals surface area contributed by atoms with E-state index in [0.29, 0.717) is 30.2 Å². The van der Waals surface area contributed by atoms with E-state index in [1.807, 2.05) is 0 Å². The molecular formula is C16H16FNO4S. The maximum absolute atomic E-state index is 12.7. The standard InChI is InChI=1S/C16H16FNO4S/c1-18(15(19)13-7-8-14(23-13)16(20)21)9-2-10-22-12-5-3-11(17)4-6-12/h3-8H,2,9-10H2,1H3,(H,20,21). The van der Waals surface area contributed by atoms with Crippen LogP contribution in [0.4, 0.5) is 4.39 Å². The Labute approximate surface area is 136 Å². The van der Waals surface area contributed by atoms with Gasteiger partial charge in [0.15, 0.2) is 0 Å². The highest BCUT2D eigenvalue weighted by Gasteiger charge is 2.16. The summed E-state index contributed by atoms with van der Waals surface area (Å²) in [6.45, 7) is 0.869. The number of carboxylic acid groups (broad SMARTS) is 1. The fourth-order valence-electron chi connectivity index (χ4n) is 1.88. The molecule has 1 aromatic heterocycles. The van der Waals surface area contributed by atoms with Gasteiger partial charge in [0.1, 0.15) is 16.4 Å². The minimum absolute atomic E-state index is 0.140. The van der Waals surface area contributed by atoms with Crippen LogP contribution in [-0.4, -0.2) is 42.1 Å². The summed E-state index contributed by atoms with van der Waals surface area (Å²) in [5.41, 5.74) is 0. The molecule has 0 saturated heterocycles. The summed E-state index contributed by atoms with van der Waals surface area (Å²) in [5.74, 6) is -1.00. The molecule has 0 aliphatic carbocycles. The molecule has 1 aromatic carbocycles. The number of carbonyl (C=O) groups is 2. The SMILES string of the molecule is CN(CCCOc1ccc(F)cc1)C(=O)c1ccc(C(=O)O)s1. The van der Waals surface area contributed by atoms with Crippen molar-refractivity contribution in [1.82, 2.24) is 4.90 Å². The molecule has 7 heteroatoms. The van der Waals surface area contributed by atoms with E-state index in [9.17, 15) is 14.0 Å². The molecule has 0 aliphatic heterocycles. The predicted octanol–water partition coefficient (Wildman–Crippen LogP) is 3.13. The second-order valence-corrected chi connectivity index (χ2v) is 5.94. The van der Waals surface area contributed by atoms with Gasteiger partial charge in [-0.3, -0.25) is 4.79 Å². The first-order valence-electron chi connectivity index (χ1n) is 6.94. The Bertz CT molecular complexity index is 684. The second kappa shape index (κ2) is 7.73. The van der Waals surface area contributed by atoms with Crippen LogP contribution in [0, 0.1) is 5.82 Å². The number of hydrogen-bond acceptors (Lipinski definition) is 4. The Morgan fingerprint density at radius 1 is 1.17 bits per heavy atom. The number of carboxylic acids is 1. The largest absolute Gasteiger partial charge is 0.494 e. The number of thiophene rings is 1. The normalized spacial score (nSPS) is 10.3. The molecule has 2 rings (SSSR count). The fourth-order valence-corrected chi connectivity index (χ4v) is 2.72. The summed E-state index contributed by atoms with van der Waals surface area (Å²) in [6.07, 6.45) is 0.608. The van der Waals surface area contributed by atoms with E-state index in [-0.39, 0.29) is 16.6 Å². The number of halogens is 1. The second-order valence-electron chi connectivity index (χ2n) is 4.85. The third-order valence-corrected chi connectivity index (χ3v) is 4.16. The van der Waals surface area contributed by atoms with E-state index in [1.54, 1.807) is 19.2 Å². The third-order valence-electron chi connectivity index (χ3n) is 3.09. The Morgan fingerprint density at radius 3 is 2.43 bits per heavy atom. The van der Waals surface area contributed by atoms with Gasteiger partial charge < -0.3 is 14.7 Å². The highest BCUT2D eigenvalue weighted by Crippen LogP contribution is 2.18. The molecule has 0 saturated carbocycles. The van der Waals surface area contributed by atoms with Crippen molar-refractivity contribution in [2.45, 2.75) is 6.42 Å². The van der Waals surface area contributed by atoms with Crippen molar-refractivity contribution >= 4 is 23.2 Å². The first kappa shape index (κ1) is 17.0. The molecular weight excluding hydrogens is 321 g/mol. The summed E-state index contributed by atoms with van der Waals surface area (Å²) < 4.78 is 18.2. The molecule has 0 aliphatic rings. The molecule has 1 heterocycles. The highest BCUT2D eigenvalue weighted by atomic mass is 32.1. The Kier molecular flexibility index (Phi) is 5.70. The van der Waals surface area contributed by atoms with Crippen LogP contribution in [0.25, 0.3) is 0 Å². The molecule has 0 bridgehead atoms. The first-order chi connectivity index (χ1) is 11.0. The number of benzene rings is 1. The van der Waals surface area contributed by atoms with Crippen LogP contribution in [0.5, 0.6) is 5.75 Å². The fraction of sp³-hybridized carbons (Fsp3) is 0.250. The number of hydrogen-bond donors (Lipinski definition) is 1. The molecule has 23 heavy (non-hydrogen) atoms. The van der Waals surface area contributed by atoms with Crippen LogP contribution in [-0.2, 0) is 0 Å². The van der Waals surface area contributed by atoms with Gasteiger partial charge in [-0.05, 0) is 42.8 Å². The molecule has 5 nitrogen and oxygen atoms in total. The summed E-state index contributed by atoms with van der Waals surface area (Å²) >= 11 is 0.957. The van der Waals surface area contributed by atoms with Gasteiger partial charge in [0, 0.05) is 13.6 Å². The van der Waals surface area contributed by atoms with Crippen molar-refractivity contribution < 1.29 is 23.8 Å². The topological polar surface area (TPSA) is 66.8 Å². The van der Waals surface area contributed by atoms with Crippen molar-refractivity contribution in [3.8, 4) is 5.75 Å². The van der Waals surface area contributed by atoms with E-state index < -0.39 is 5.97 Å². The maximum Gasteiger partial charge on any atom is 0.345 e. The summed E-state index contributed by atoms with van der Waals surface area (Å²) in [5, 5.41) is 8.86. The van der Waals surface area contributed by atoms with E-state index in [0.717, 1.165) is 11.3 Å². The van der Waals surface area contributed by atoms with Crippen molar-refractivity contribution in [1.29, 1.82) is 0 Å². The van der Waals surface area contributed by atoms with Crippen LogP contribution in [0.3, 0.4) is 0 Å². The van der Waals surface area contributed by atoms with E-state index in [1.165, 1.54) is 29.2 Å². The summed E-state index contributed by atoms with van der Waals surface area (Å²) in [4.78, 5) is 25.0. The molecule has 0 atom stereocenters. The maximum atomic E-state index is 12.7. The van der Waals surface area contributed by atoms with Gasteiger partial charge in [-0.2, -0.15) is 0 Å². The molecule has 0 unspecified atom stereocenters. The lowest BCUT2D eigenvalue weighted by Gasteiger charge is -2.16. The summed E-state index contributed by atoms with van der Waals surface area (Å²) in [7, 11) is 1.65. The molecule has 1 N–H and O–H groups in total. The van der Waals surface area contributed by atoms with Gasteiger partial charge in [0.05, 0.1) is 11.5 Å². The Hall–Kier alpha value is -2.41. The van der Waals surface area contributed by atoms with Gasteiger partial charge >= 0.3 is 5.97 Å². The summed E-state index contributed by atoms with van der Waals surface area (Å²) in [6, 6.07) is 8.67. The van der Waals surface area contributed by atoms with E-state index in [4.69, 9.17) is 9.84 Å². The van der Waals surface area contributed by atoms with Crippen molar-refractivity contribution in [3.05, 3.63) is 52.0 Å². The molecule has 2 aromatic rings. The monoisotopic (exact) mass is 337 g/mol. The number of nitrogens with zero attached hydrogens (tertiary/aromatic N) is 1. The van der Waals surface area contributed by atoms with Crippen molar-refractivity contribution in [2.75, 3.05) is 20.2 Å². The minimum Gasteiger partial charge on any atom is -0.494 e. The van der Waals surface area contributed by atoms with Gasteiger partial charge in [-0.15, -0.1) is 11.3 Å². The zero-order valence-corrected chi connectivity index (χ0v) is 13.3. The van der Waals surface area contributed by atoms with Crippen molar-refractivity contribution in [2.24, 2.45) is 0 Å². The lowest BCUT2D eigenvalue weighted by Crippen LogP contribution is -2.28. The molecule has 1 amide bonds. The minimum atomic E-state index is -1.04. The van der Waals surface area contributed by atoms with Crippen LogP contribution in [0.1, 0.15) is 25.8 Å². The zero-order valence-electron chi connectivity index (χ0n) is 12.5. The van der Waals surface area contributed by atoms with Gasteiger partial charge in [0.2, 0.25) is 0 Å². The quantitative estimate of drug-likeness (QED) is 0.788. The van der Waals surface area contributed by atoms with Crippen LogP contribution < -0.4 is 4.74 Å². The van der Waals surface area contributed by atoms with Crippen LogP contribution in [0.15, 0.2) is 36.4 Å². The van der Waals surface area contributed by atoms with Crippen LogP contribution in [0.2, 0.25) is 0 Å². The highest BCUT2D eigenvalue weighted by molar-refractivity contribution is 7.15. The van der Waals surface area contributed by atoms with E-state index >= 15 is 0 Å². The smallest absolute Gasteiger partial charge is 0.345 e. The molecule has 122 valence electrons. The Balaban J connectivity index is 1.77. The van der Waals surface area contributed by atoms with E-state index in [2.05, 4.69) is 0 Å². The number of carbonyl (C=O) groups excluding carboxylic acids is 1. The van der Waals surface area contributed by atoms with Crippen molar-refractivity contribution in [3.63, 3.8) is 0 Å². The zero-order chi connectivity index (χ0) is 16.8. The number of rotatable bonds is 7. The average molecular weight is 337 g/mol.